The Bertz CT molecular complexity index is 328. The molecule has 2 atom stereocenters. The van der Waals surface area contributed by atoms with Gasteiger partial charge in [0.05, 0.1) is 6.54 Å². The number of nitrogens with one attached hydrogen (secondary N) is 1. The summed E-state index contributed by atoms with van der Waals surface area (Å²) in [4.78, 5) is 25.9. The number of cyclic esters (lactones) is 1. The molecule has 18 heavy (non-hydrogen) atoms. The molecule has 0 bridgehead atoms. The van der Waals surface area contributed by atoms with Gasteiger partial charge in [0.15, 0.2) is 0 Å². The van der Waals surface area contributed by atoms with Gasteiger partial charge >= 0.3 is 12.1 Å². The molecule has 2 unspecified atom stereocenters. The highest BCUT2D eigenvalue weighted by atomic mass is 16.6. The van der Waals surface area contributed by atoms with Crippen molar-refractivity contribution < 1.29 is 19.4 Å². The van der Waals surface area contributed by atoms with Gasteiger partial charge in [-0.1, -0.05) is 0 Å². The molecule has 2 aliphatic heterocycles. The fourth-order valence-electron chi connectivity index (χ4n) is 2.31. The van der Waals surface area contributed by atoms with Gasteiger partial charge in [0.2, 0.25) is 0 Å². The first-order valence-corrected chi connectivity index (χ1v) is 6.20. The molecule has 2 rings (SSSR count). The zero-order chi connectivity index (χ0) is 13.1. The molecule has 0 aliphatic carbocycles. The van der Waals surface area contributed by atoms with Gasteiger partial charge in [-0.25, -0.2) is 4.79 Å². The van der Waals surface area contributed by atoms with E-state index in [1.165, 1.54) is 0 Å². The largest absolute Gasteiger partial charge is 0.480 e. The Balaban J connectivity index is 1.73. The van der Waals surface area contributed by atoms with E-state index in [-0.39, 0.29) is 12.2 Å². The number of alkyl carbamates (subject to hydrolysis) is 1. The number of amides is 1. The van der Waals surface area contributed by atoms with E-state index in [1.807, 2.05) is 4.90 Å². The molecule has 0 aromatic carbocycles. The van der Waals surface area contributed by atoms with Crippen LogP contribution in [0.4, 0.5) is 4.79 Å². The number of aliphatic carboxylic acids is 1. The van der Waals surface area contributed by atoms with Crippen molar-refractivity contribution in [2.75, 3.05) is 39.3 Å². The van der Waals surface area contributed by atoms with Crippen molar-refractivity contribution in [1.82, 2.24) is 15.1 Å². The molecule has 0 aromatic rings. The zero-order valence-corrected chi connectivity index (χ0v) is 10.5. The van der Waals surface area contributed by atoms with Gasteiger partial charge in [-0.3, -0.25) is 14.6 Å². The molecule has 2 fully saturated rings. The van der Waals surface area contributed by atoms with Crippen LogP contribution < -0.4 is 5.32 Å². The first kappa shape index (κ1) is 13.1. The Morgan fingerprint density at radius 3 is 2.67 bits per heavy atom. The molecule has 1 amide bonds. The number of ether oxygens (including phenoxy) is 1. The normalized spacial score (nSPS) is 27.6. The quantitative estimate of drug-likeness (QED) is 0.685. The molecule has 2 saturated heterocycles. The monoisotopic (exact) mass is 257 g/mol. The van der Waals surface area contributed by atoms with Crippen LogP contribution in [0.15, 0.2) is 0 Å². The molecular formula is C11H19N3O4. The number of nitrogens with zero attached hydrogens (tertiary/aromatic N) is 2. The lowest BCUT2D eigenvalue weighted by Gasteiger charge is -2.37. The average Bonchev–Trinajstić information content (AvgIpc) is 2.75. The summed E-state index contributed by atoms with van der Waals surface area (Å²) in [5.41, 5.74) is 0. The van der Waals surface area contributed by atoms with Crippen LogP contribution >= 0.6 is 0 Å². The molecule has 0 saturated carbocycles. The van der Waals surface area contributed by atoms with Crippen LogP contribution in [0.1, 0.15) is 6.92 Å². The van der Waals surface area contributed by atoms with E-state index in [1.54, 1.807) is 6.92 Å². The summed E-state index contributed by atoms with van der Waals surface area (Å²) < 4.78 is 5.08. The van der Waals surface area contributed by atoms with Crippen LogP contribution in [0.5, 0.6) is 0 Å². The summed E-state index contributed by atoms with van der Waals surface area (Å²) in [6.07, 6.45) is -0.431. The lowest BCUT2D eigenvalue weighted by molar-refractivity contribution is -0.143. The van der Waals surface area contributed by atoms with Crippen LogP contribution in [-0.2, 0) is 9.53 Å². The number of carboxylic acid groups (broad SMARTS) is 1. The molecule has 0 spiro atoms. The number of carbonyl (C=O) groups is 2. The lowest BCUT2D eigenvalue weighted by Crippen LogP contribution is -2.53. The van der Waals surface area contributed by atoms with E-state index in [0.29, 0.717) is 13.1 Å². The summed E-state index contributed by atoms with van der Waals surface area (Å²) in [5, 5.41) is 11.6. The van der Waals surface area contributed by atoms with Gasteiger partial charge in [-0.05, 0) is 6.92 Å². The molecule has 0 aromatic heterocycles. The van der Waals surface area contributed by atoms with Crippen LogP contribution in [0.25, 0.3) is 0 Å². The van der Waals surface area contributed by atoms with E-state index in [4.69, 9.17) is 9.84 Å². The van der Waals surface area contributed by atoms with Crippen molar-refractivity contribution in [2.24, 2.45) is 0 Å². The van der Waals surface area contributed by atoms with E-state index >= 15 is 0 Å². The SMILES string of the molecule is CC(C(=O)O)N1CCN(CC2CNC(=O)O2)CC1. The van der Waals surface area contributed by atoms with Gasteiger partial charge in [0.25, 0.3) is 0 Å². The maximum absolute atomic E-state index is 10.9. The number of piperazine rings is 1. The molecule has 2 N–H and O–H groups in total. The highest BCUT2D eigenvalue weighted by molar-refractivity contribution is 5.72. The molecule has 2 aliphatic rings. The van der Waals surface area contributed by atoms with E-state index in [2.05, 4.69) is 10.2 Å². The minimum absolute atomic E-state index is 0.0825. The first-order valence-electron chi connectivity index (χ1n) is 6.20. The molecule has 2 heterocycles. The predicted octanol–water partition coefficient (Wildman–Crippen LogP) is -0.814. The lowest BCUT2D eigenvalue weighted by atomic mass is 10.2. The highest BCUT2D eigenvalue weighted by Gasteiger charge is 2.29. The van der Waals surface area contributed by atoms with Crippen LogP contribution in [0, 0.1) is 0 Å². The van der Waals surface area contributed by atoms with E-state index in [9.17, 15) is 9.59 Å². The van der Waals surface area contributed by atoms with Crippen molar-refractivity contribution in [2.45, 2.75) is 19.1 Å². The van der Waals surface area contributed by atoms with Crippen LogP contribution in [-0.4, -0.2) is 78.4 Å². The Hall–Kier alpha value is -1.34. The fourth-order valence-corrected chi connectivity index (χ4v) is 2.31. The minimum Gasteiger partial charge on any atom is -0.480 e. The van der Waals surface area contributed by atoms with Crippen molar-refractivity contribution in [1.29, 1.82) is 0 Å². The van der Waals surface area contributed by atoms with Crippen molar-refractivity contribution in [3.8, 4) is 0 Å². The average molecular weight is 257 g/mol. The maximum atomic E-state index is 10.9. The topological polar surface area (TPSA) is 82.1 Å². The van der Waals surface area contributed by atoms with Gasteiger partial charge in [0.1, 0.15) is 12.1 Å². The number of hydrogen-bond donors (Lipinski definition) is 2. The Morgan fingerprint density at radius 2 is 2.17 bits per heavy atom. The van der Waals surface area contributed by atoms with Crippen LogP contribution in [0.2, 0.25) is 0 Å². The number of hydrogen-bond acceptors (Lipinski definition) is 5. The predicted molar refractivity (Wildman–Crippen MR) is 63.4 cm³/mol. The summed E-state index contributed by atoms with van der Waals surface area (Å²) >= 11 is 0. The molecule has 0 radical (unpaired) electrons. The second-order valence-electron chi connectivity index (χ2n) is 4.76. The first-order chi connectivity index (χ1) is 8.56. The third kappa shape index (κ3) is 3.11. The van der Waals surface area contributed by atoms with Gasteiger partial charge in [-0.15, -0.1) is 0 Å². The van der Waals surface area contributed by atoms with Gasteiger partial charge in [0, 0.05) is 32.7 Å². The van der Waals surface area contributed by atoms with Gasteiger partial charge in [-0.2, -0.15) is 0 Å². The number of carboxylic acids is 1. The summed E-state index contributed by atoms with van der Waals surface area (Å²) in [6.45, 7) is 6.08. The van der Waals surface area contributed by atoms with Crippen LogP contribution in [0.3, 0.4) is 0 Å². The third-order valence-electron chi connectivity index (χ3n) is 3.52. The second-order valence-corrected chi connectivity index (χ2v) is 4.76. The Morgan fingerprint density at radius 1 is 1.50 bits per heavy atom. The minimum atomic E-state index is -0.780. The summed E-state index contributed by atoms with van der Waals surface area (Å²) in [5.74, 6) is -0.780. The maximum Gasteiger partial charge on any atom is 0.407 e. The molecule has 102 valence electrons. The van der Waals surface area contributed by atoms with E-state index in [0.717, 1.165) is 26.2 Å². The van der Waals surface area contributed by atoms with Crippen molar-refractivity contribution in [3.63, 3.8) is 0 Å². The standard InChI is InChI=1S/C11H19N3O4/c1-8(10(15)16)14-4-2-13(3-5-14)7-9-6-12-11(17)18-9/h8-9H,2-7H2,1H3,(H,12,17)(H,15,16). The smallest absolute Gasteiger partial charge is 0.407 e. The number of rotatable bonds is 4. The van der Waals surface area contributed by atoms with Gasteiger partial charge < -0.3 is 15.2 Å². The Labute approximate surface area is 106 Å². The number of carbonyl (C=O) groups excluding carboxylic acids is 1. The summed E-state index contributed by atoms with van der Waals surface area (Å²) in [6, 6.07) is -0.432. The fraction of sp³-hybridized carbons (Fsp3) is 0.818. The molecule has 7 heteroatoms. The molecular weight excluding hydrogens is 238 g/mol. The molecule has 7 nitrogen and oxygen atoms in total. The van der Waals surface area contributed by atoms with E-state index < -0.39 is 12.0 Å². The summed E-state index contributed by atoms with van der Waals surface area (Å²) in [7, 11) is 0. The third-order valence-corrected chi connectivity index (χ3v) is 3.52. The van der Waals surface area contributed by atoms with Crippen molar-refractivity contribution in [3.05, 3.63) is 0 Å². The highest BCUT2D eigenvalue weighted by Crippen LogP contribution is 2.09. The zero-order valence-electron chi connectivity index (χ0n) is 10.5. The second kappa shape index (κ2) is 5.53. The van der Waals surface area contributed by atoms with Crippen molar-refractivity contribution >= 4 is 12.1 Å². The Kier molecular flexibility index (Phi) is 4.03.